The zero-order chi connectivity index (χ0) is 12.1. The monoisotopic (exact) mass is 342 g/mol. The molecule has 0 aliphatic rings. The second-order valence-corrected chi connectivity index (χ2v) is 4.89. The van der Waals surface area contributed by atoms with Gasteiger partial charge in [0.05, 0.1) is 6.54 Å². The van der Waals surface area contributed by atoms with Gasteiger partial charge in [0.15, 0.2) is 0 Å². The molecule has 4 nitrogen and oxygen atoms in total. The molecule has 0 spiro atoms. The Kier molecular flexibility index (Phi) is 4.36. The summed E-state index contributed by atoms with van der Waals surface area (Å²) in [5.41, 5.74) is 1.14. The van der Waals surface area contributed by atoms with Gasteiger partial charge < -0.3 is 5.32 Å². The molecule has 0 bridgehead atoms. The van der Waals surface area contributed by atoms with Crippen LogP contribution in [0.4, 0.5) is 5.69 Å². The standard InChI is InChI=1S/C12H15IN4/c1-2-7-17-12(15-9-16-17)8-14-11-6-4-3-5-10(11)13/h3-6,9,14H,2,7-8H2,1H3. The molecule has 0 amide bonds. The fourth-order valence-electron chi connectivity index (χ4n) is 1.60. The Morgan fingerprint density at radius 1 is 1.35 bits per heavy atom. The van der Waals surface area contributed by atoms with Crippen molar-refractivity contribution < 1.29 is 0 Å². The lowest BCUT2D eigenvalue weighted by Crippen LogP contribution is -2.10. The zero-order valence-electron chi connectivity index (χ0n) is 9.73. The van der Waals surface area contributed by atoms with E-state index in [4.69, 9.17) is 0 Å². The topological polar surface area (TPSA) is 42.7 Å². The minimum absolute atomic E-state index is 0.708. The van der Waals surface area contributed by atoms with E-state index >= 15 is 0 Å². The Morgan fingerprint density at radius 2 is 2.18 bits per heavy atom. The largest absolute Gasteiger partial charge is 0.377 e. The molecular formula is C12H15IN4. The first kappa shape index (κ1) is 12.3. The third-order valence-corrected chi connectivity index (χ3v) is 3.38. The van der Waals surface area contributed by atoms with Gasteiger partial charge in [0.1, 0.15) is 12.2 Å². The van der Waals surface area contributed by atoms with Crippen LogP contribution < -0.4 is 5.32 Å². The second-order valence-electron chi connectivity index (χ2n) is 3.73. The van der Waals surface area contributed by atoms with Gasteiger partial charge in [-0.15, -0.1) is 0 Å². The van der Waals surface area contributed by atoms with Gasteiger partial charge in [0, 0.05) is 15.8 Å². The van der Waals surface area contributed by atoms with Crippen molar-refractivity contribution in [2.24, 2.45) is 0 Å². The normalized spacial score (nSPS) is 10.5. The smallest absolute Gasteiger partial charge is 0.146 e. The molecule has 0 saturated carbocycles. The van der Waals surface area contributed by atoms with E-state index in [-0.39, 0.29) is 0 Å². The first-order valence-corrected chi connectivity index (χ1v) is 6.74. The molecule has 0 fully saturated rings. The predicted octanol–water partition coefficient (Wildman–Crippen LogP) is 2.90. The summed E-state index contributed by atoms with van der Waals surface area (Å²) in [5.74, 6) is 0.978. The van der Waals surface area contributed by atoms with E-state index in [1.807, 2.05) is 16.8 Å². The van der Waals surface area contributed by atoms with Gasteiger partial charge in [0.2, 0.25) is 0 Å². The molecule has 0 aliphatic carbocycles. The van der Waals surface area contributed by atoms with Gasteiger partial charge in [-0.25, -0.2) is 9.67 Å². The highest BCUT2D eigenvalue weighted by molar-refractivity contribution is 14.1. The molecule has 90 valence electrons. The van der Waals surface area contributed by atoms with Crippen molar-refractivity contribution in [3.8, 4) is 0 Å². The lowest BCUT2D eigenvalue weighted by atomic mass is 10.3. The predicted molar refractivity (Wildman–Crippen MR) is 76.8 cm³/mol. The van der Waals surface area contributed by atoms with Crippen LogP contribution in [0.5, 0.6) is 0 Å². The Hall–Kier alpha value is -1.11. The molecule has 0 atom stereocenters. The molecule has 1 N–H and O–H groups in total. The summed E-state index contributed by atoms with van der Waals surface area (Å²) in [7, 11) is 0. The minimum Gasteiger partial charge on any atom is -0.377 e. The number of hydrogen-bond acceptors (Lipinski definition) is 3. The van der Waals surface area contributed by atoms with Gasteiger partial charge in [-0.3, -0.25) is 0 Å². The maximum absolute atomic E-state index is 4.27. The molecule has 1 aromatic heterocycles. The Morgan fingerprint density at radius 3 is 2.94 bits per heavy atom. The summed E-state index contributed by atoms with van der Waals surface area (Å²) in [4.78, 5) is 4.27. The maximum Gasteiger partial charge on any atom is 0.146 e. The molecule has 0 unspecified atom stereocenters. The van der Waals surface area contributed by atoms with Gasteiger partial charge in [-0.1, -0.05) is 19.1 Å². The molecule has 0 aliphatic heterocycles. The van der Waals surface area contributed by atoms with Crippen LogP contribution in [0.3, 0.4) is 0 Å². The van der Waals surface area contributed by atoms with Crippen molar-refractivity contribution in [1.29, 1.82) is 0 Å². The van der Waals surface area contributed by atoms with Crippen molar-refractivity contribution in [1.82, 2.24) is 14.8 Å². The van der Waals surface area contributed by atoms with Crippen LogP contribution in [-0.2, 0) is 13.1 Å². The van der Waals surface area contributed by atoms with Crippen LogP contribution in [0.1, 0.15) is 19.2 Å². The molecule has 0 saturated heterocycles. The number of benzene rings is 1. The van der Waals surface area contributed by atoms with Gasteiger partial charge in [-0.2, -0.15) is 5.10 Å². The van der Waals surface area contributed by atoms with Crippen LogP contribution in [0.25, 0.3) is 0 Å². The Labute approximate surface area is 115 Å². The number of nitrogens with one attached hydrogen (secondary N) is 1. The number of anilines is 1. The molecule has 1 heterocycles. The number of aromatic nitrogens is 3. The average molecular weight is 342 g/mol. The zero-order valence-corrected chi connectivity index (χ0v) is 11.9. The van der Waals surface area contributed by atoms with E-state index in [1.165, 1.54) is 3.57 Å². The van der Waals surface area contributed by atoms with E-state index in [0.29, 0.717) is 6.54 Å². The van der Waals surface area contributed by atoms with E-state index in [9.17, 15) is 0 Å². The fourth-order valence-corrected chi connectivity index (χ4v) is 2.18. The maximum atomic E-state index is 4.27. The molecule has 2 rings (SSSR count). The summed E-state index contributed by atoms with van der Waals surface area (Å²) in [6.45, 7) is 3.77. The average Bonchev–Trinajstić information content (AvgIpc) is 2.76. The highest BCUT2D eigenvalue weighted by Crippen LogP contribution is 2.17. The minimum atomic E-state index is 0.708. The van der Waals surface area contributed by atoms with Crippen LogP contribution in [0.15, 0.2) is 30.6 Å². The van der Waals surface area contributed by atoms with Crippen LogP contribution in [0, 0.1) is 3.57 Å². The van der Waals surface area contributed by atoms with Gasteiger partial charge in [0.25, 0.3) is 0 Å². The van der Waals surface area contributed by atoms with E-state index in [2.05, 4.69) is 57.0 Å². The van der Waals surface area contributed by atoms with Crippen molar-refractivity contribution in [3.05, 3.63) is 40.0 Å². The van der Waals surface area contributed by atoms with E-state index < -0.39 is 0 Å². The van der Waals surface area contributed by atoms with Gasteiger partial charge >= 0.3 is 0 Å². The number of rotatable bonds is 5. The summed E-state index contributed by atoms with van der Waals surface area (Å²) in [6.07, 6.45) is 2.68. The van der Waals surface area contributed by atoms with Crippen LogP contribution >= 0.6 is 22.6 Å². The summed E-state index contributed by atoms with van der Waals surface area (Å²) < 4.78 is 3.16. The number of halogens is 1. The summed E-state index contributed by atoms with van der Waals surface area (Å²) in [6, 6.07) is 8.22. The molecule has 5 heteroatoms. The first-order valence-electron chi connectivity index (χ1n) is 5.66. The number of aryl methyl sites for hydroxylation is 1. The molecule has 0 radical (unpaired) electrons. The molecule has 2 aromatic rings. The number of para-hydroxylation sites is 1. The number of nitrogens with zero attached hydrogens (tertiary/aromatic N) is 3. The summed E-state index contributed by atoms with van der Waals surface area (Å²) >= 11 is 2.32. The molecule has 17 heavy (non-hydrogen) atoms. The third-order valence-electron chi connectivity index (χ3n) is 2.44. The van der Waals surface area contributed by atoms with Crippen molar-refractivity contribution >= 4 is 28.3 Å². The van der Waals surface area contributed by atoms with Crippen LogP contribution in [0.2, 0.25) is 0 Å². The highest BCUT2D eigenvalue weighted by Gasteiger charge is 2.04. The fraction of sp³-hybridized carbons (Fsp3) is 0.333. The van der Waals surface area contributed by atoms with Crippen molar-refractivity contribution in [2.45, 2.75) is 26.4 Å². The van der Waals surface area contributed by atoms with Crippen molar-refractivity contribution in [2.75, 3.05) is 5.32 Å². The second kappa shape index (κ2) is 6.00. The first-order chi connectivity index (χ1) is 8.31. The Bertz CT molecular complexity index is 481. The van der Waals surface area contributed by atoms with Crippen LogP contribution in [-0.4, -0.2) is 14.8 Å². The van der Waals surface area contributed by atoms with Crippen molar-refractivity contribution in [3.63, 3.8) is 0 Å². The lowest BCUT2D eigenvalue weighted by Gasteiger charge is -2.08. The third kappa shape index (κ3) is 3.18. The lowest BCUT2D eigenvalue weighted by molar-refractivity contribution is 0.574. The molecule has 1 aromatic carbocycles. The molecular weight excluding hydrogens is 327 g/mol. The summed E-state index contributed by atoms with van der Waals surface area (Å²) in [5, 5.41) is 7.59. The Balaban J connectivity index is 2.02. The SMILES string of the molecule is CCCn1ncnc1CNc1ccccc1I. The quantitative estimate of drug-likeness (QED) is 0.850. The van der Waals surface area contributed by atoms with E-state index in [0.717, 1.165) is 24.5 Å². The highest BCUT2D eigenvalue weighted by atomic mass is 127. The number of hydrogen-bond donors (Lipinski definition) is 1. The van der Waals surface area contributed by atoms with Gasteiger partial charge in [-0.05, 0) is 41.1 Å². The van der Waals surface area contributed by atoms with E-state index in [1.54, 1.807) is 6.33 Å².